The summed E-state index contributed by atoms with van der Waals surface area (Å²) in [6.45, 7) is 5.52. The number of allylic oxidation sites excluding steroid dienone is 1. The van der Waals surface area contributed by atoms with E-state index in [2.05, 4.69) is 4.98 Å². The zero-order chi connectivity index (χ0) is 11.4. The van der Waals surface area contributed by atoms with Gasteiger partial charge in [0.15, 0.2) is 0 Å². The Bertz CT molecular complexity index is 397. The van der Waals surface area contributed by atoms with Crippen molar-refractivity contribution in [2.24, 2.45) is 5.92 Å². The first-order chi connectivity index (χ1) is 7.02. The Kier molecular flexibility index (Phi) is 3.55. The Morgan fingerprint density at radius 1 is 1.60 bits per heavy atom. The van der Waals surface area contributed by atoms with Crippen LogP contribution in [0, 0.1) is 23.0 Å². The second-order valence-corrected chi connectivity index (χ2v) is 3.71. The summed E-state index contributed by atoms with van der Waals surface area (Å²) in [5, 5.41) is 10.8. The molecule has 0 amide bonds. The number of hydrogen-bond acceptors (Lipinski definition) is 3. The van der Waals surface area contributed by atoms with Crippen LogP contribution in [0.1, 0.15) is 25.0 Å². The first-order valence-electron chi connectivity index (χ1n) is 4.79. The van der Waals surface area contributed by atoms with Crippen LogP contribution >= 0.6 is 0 Å². The van der Waals surface area contributed by atoms with Crippen LogP contribution in [0.4, 0.5) is 0 Å². The van der Waals surface area contributed by atoms with E-state index in [-0.39, 0.29) is 16.5 Å². The molecule has 4 heteroatoms. The molecule has 0 saturated heterocycles. The van der Waals surface area contributed by atoms with Crippen LogP contribution in [-0.4, -0.2) is 9.91 Å². The van der Waals surface area contributed by atoms with Crippen LogP contribution in [-0.2, 0) is 0 Å². The second-order valence-electron chi connectivity index (χ2n) is 3.71. The third-order valence-corrected chi connectivity index (χ3v) is 2.19. The summed E-state index contributed by atoms with van der Waals surface area (Å²) in [7, 11) is 0. The topological polar surface area (TPSA) is 56.0 Å². The van der Waals surface area contributed by atoms with Gasteiger partial charge in [-0.25, -0.2) is 0 Å². The minimum absolute atomic E-state index is 0.0976. The summed E-state index contributed by atoms with van der Waals surface area (Å²) in [5.74, 6) is -0.0976. The fourth-order valence-electron chi connectivity index (χ4n) is 1.22. The first kappa shape index (κ1) is 11.4. The number of aryl methyl sites for hydroxylation is 1. The summed E-state index contributed by atoms with van der Waals surface area (Å²) in [4.78, 5) is 14.4. The van der Waals surface area contributed by atoms with Gasteiger partial charge in [0.1, 0.15) is 0 Å². The van der Waals surface area contributed by atoms with Crippen LogP contribution in [0.15, 0.2) is 24.2 Å². The molecule has 0 fully saturated rings. The van der Waals surface area contributed by atoms with Crippen LogP contribution in [0.3, 0.4) is 0 Å². The Hall–Kier alpha value is -1.71. The molecule has 1 aromatic heterocycles. The second kappa shape index (κ2) is 4.68. The quantitative estimate of drug-likeness (QED) is 0.564. The fraction of sp³-hybridized carbons (Fsp3) is 0.364. The van der Waals surface area contributed by atoms with E-state index in [0.717, 1.165) is 11.1 Å². The zero-order valence-corrected chi connectivity index (χ0v) is 9.10. The smallest absolute Gasteiger partial charge is 0.249 e. The number of pyridine rings is 1. The highest BCUT2D eigenvalue weighted by Crippen LogP contribution is 2.16. The molecule has 0 unspecified atom stereocenters. The maximum absolute atomic E-state index is 10.8. The molecule has 0 bridgehead atoms. The maximum Gasteiger partial charge on any atom is 0.249 e. The molecule has 80 valence electrons. The Morgan fingerprint density at radius 2 is 2.27 bits per heavy atom. The van der Waals surface area contributed by atoms with E-state index in [1.807, 2.05) is 13.0 Å². The molecule has 0 N–H and O–H groups in total. The van der Waals surface area contributed by atoms with Gasteiger partial charge in [-0.05, 0) is 18.6 Å². The molecule has 4 nitrogen and oxygen atoms in total. The molecular weight excluding hydrogens is 192 g/mol. The molecule has 0 aliphatic rings. The lowest BCUT2D eigenvalue weighted by atomic mass is 10.1. The third kappa shape index (κ3) is 2.87. The van der Waals surface area contributed by atoms with Gasteiger partial charge >= 0.3 is 0 Å². The molecule has 0 atom stereocenters. The van der Waals surface area contributed by atoms with Crippen molar-refractivity contribution in [1.29, 1.82) is 0 Å². The van der Waals surface area contributed by atoms with Gasteiger partial charge in [0.05, 0.1) is 4.92 Å². The molecule has 0 aliphatic heterocycles. The highest BCUT2D eigenvalue weighted by molar-refractivity contribution is 5.53. The highest BCUT2D eigenvalue weighted by atomic mass is 16.6. The lowest BCUT2D eigenvalue weighted by molar-refractivity contribution is -0.431. The van der Waals surface area contributed by atoms with Gasteiger partial charge in [0, 0.05) is 30.0 Å². The van der Waals surface area contributed by atoms with Gasteiger partial charge < -0.3 is 0 Å². The van der Waals surface area contributed by atoms with E-state index in [1.165, 1.54) is 0 Å². The lowest BCUT2D eigenvalue weighted by Crippen LogP contribution is -2.05. The average Bonchev–Trinajstić information content (AvgIpc) is 2.15. The van der Waals surface area contributed by atoms with Crippen molar-refractivity contribution >= 4 is 6.08 Å². The van der Waals surface area contributed by atoms with Gasteiger partial charge in [0.25, 0.3) is 0 Å². The van der Waals surface area contributed by atoms with E-state index in [9.17, 15) is 10.1 Å². The number of rotatable bonds is 3. The number of nitrogens with zero attached hydrogens (tertiary/aromatic N) is 2. The summed E-state index contributed by atoms with van der Waals surface area (Å²) >= 11 is 0. The van der Waals surface area contributed by atoms with Crippen molar-refractivity contribution in [3.05, 3.63) is 45.4 Å². The maximum atomic E-state index is 10.8. The molecule has 15 heavy (non-hydrogen) atoms. The molecule has 0 saturated carbocycles. The highest BCUT2D eigenvalue weighted by Gasteiger charge is 2.15. The molecular formula is C11H14N2O2. The van der Waals surface area contributed by atoms with Crippen molar-refractivity contribution in [2.45, 2.75) is 20.8 Å². The minimum Gasteiger partial charge on any atom is -0.264 e. The number of nitro groups is 1. The van der Waals surface area contributed by atoms with Gasteiger partial charge in [-0.2, -0.15) is 0 Å². The monoisotopic (exact) mass is 206 g/mol. The molecule has 0 spiro atoms. The van der Waals surface area contributed by atoms with Gasteiger partial charge in [0.2, 0.25) is 5.70 Å². The Balaban J connectivity index is 3.14. The van der Waals surface area contributed by atoms with E-state index < -0.39 is 0 Å². The third-order valence-electron chi connectivity index (χ3n) is 2.19. The van der Waals surface area contributed by atoms with E-state index >= 15 is 0 Å². The lowest BCUT2D eigenvalue weighted by Gasteiger charge is -2.03. The van der Waals surface area contributed by atoms with E-state index in [4.69, 9.17) is 0 Å². The Labute approximate surface area is 88.8 Å². The normalized spacial score (nSPS) is 11.9. The molecule has 0 radical (unpaired) electrons. The van der Waals surface area contributed by atoms with E-state index in [1.54, 1.807) is 32.3 Å². The van der Waals surface area contributed by atoms with Gasteiger partial charge in [-0.3, -0.25) is 15.1 Å². The minimum atomic E-state index is -0.336. The summed E-state index contributed by atoms with van der Waals surface area (Å²) < 4.78 is 0. The average molecular weight is 206 g/mol. The van der Waals surface area contributed by atoms with Crippen LogP contribution in [0.5, 0.6) is 0 Å². The number of aromatic nitrogens is 1. The summed E-state index contributed by atoms with van der Waals surface area (Å²) in [6, 6.07) is 1.84. The predicted molar refractivity (Wildman–Crippen MR) is 58.8 cm³/mol. The first-order valence-corrected chi connectivity index (χ1v) is 4.79. The molecule has 1 heterocycles. The molecule has 0 aliphatic carbocycles. The summed E-state index contributed by atoms with van der Waals surface area (Å²) in [5.41, 5.74) is 2.01. The van der Waals surface area contributed by atoms with Crippen LogP contribution in [0.25, 0.3) is 6.08 Å². The van der Waals surface area contributed by atoms with Crippen molar-refractivity contribution in [1.82, 2.24) is 4.98 Å². The SMILES string of the molecule is Cc1ccncc1/C=C(/C(C)C)[N+](=O)[O-]. The van der Waals surface area contributed by atoms with Crippen molar-refractivity contribution < 1.29 is 4.92 Å². The molecule has 1 aromatic rings. The number of hydrogen-bond donors (Lipinski definition) is 0. The predicted octanol–water partition coefficient (Wildman–Crippen LogP) is 2.66. The van der Waals surface area contributed by atoms with Crippen molar-refractivity contribution in [3.8, 4) is 0 Å². The standard InChI is InChI=1S/C11H14N2O2/c1-8(2)11(13(14)15)6-10-7-12-5-4-9(10)3/h4-8H,1-3H3/b11-6-. The van der Waals surface area contributed by atoms with Crippen LogP contribution < -0.4 is 0 Å². The summed E-state index contributed by atoms with van der Waals surface area (Å²) in [6.07, 6.45) is 4.90. The Morgan fingerprint density at radius 3 is 2.73 bits per heavy atom. The molecule has 0 aromatic carbocycles. The largest absolute Gasteiger partial charge is 0.264 e. The fourth-order valence-corrected chi connectivity index (χ4v) is 1.22. The van der Waals surface area contributed by atoms with Crippen molar-refractivity contribution in [3.63, 3.8) is 0 Å². The van der Waals surface area contributed by atoms with E-state index in [0.29, 0.717) is 0 Å². The zero-order valence-electron chi connectivity index (χ0n) is 9.10. The van der Waals surface area contributed by atoms with Gasteiger partial charge in [-0.1, -0.05) is 13.8 Å². The van der Waals surface area contributed by atoms with Crippen molar-refractivity contribution in [2.75, 3.05) is 0 Å². The molecule has 1 rings (SSSR count). The van der Waals surface area contributed by atoms with Gasteiger partial charge in [-0.15, -0.1) is 0 Å². The van der Waals surface area contributed by atoms with Crippen LogP contribution in [0.2, 0.25) is 0 Å².